The van der Waals surface area contributed by atoms with Crippen molar-refractivity contribution in [3.05, 3.63) is 71.3 Å². The molecule has 2 aromatic rings. The van der Waals surface area contributed by atoms with Crippen LogP contribution >= 0.6 is 0 Å². The molecule has 2 atom stereocenters. The van der Waals surface area contributed by atoms with E-state index in [-0.39, 0.29) is 30.5 Å². The normalized spacial score (nSPS) is 23.3. The molecule has 1 amide bonds. The van der Waals surface area contributed by atoms with Crippen molar-refractivity contribution < 1.29 is 23.5 Å². The summed E-state index contributed by atoms with van der Waals surface area (Å²) in [6, 6.07) is 12.8. The molecule has 2 fully saturated rings. The summed E-state index contributed by atoms with van der Waals surface area (Å²) in [7, 11) is 0. The Labute approximate surface area is 161 Å². The predicted octanol–water partition coefficient (Wildman–Crippen LogP) is 3.71. The second kappa shape index (κ2) is 7.00. The molecule has 0 aromatic heterocycles. The Kier molecular flexibility index (Phi) is 4.65. The van der Waals surface area contributed by atoms with Gasteiger partial charge in [0, 0.05) is 24.6 Å². The molecular weight excluding hydrogens is 364 g/mol. The Morgan fingerprint density at radius 1 is 0.964 bits per heavy atom. The Morgan fingerprint density at radius 2 is 1.61 bits per heavy atom. The first-order valence-electron chi connectivity index (χ1n) is 9.45. The Balaban J connectivity index is 1.67. The second-order valence-electron chi connectivity index (χ2n) is 7.70. The van der Waals surface area contributed by atoms with Gasteiger partial charge in [-0.3, -0.25) is 9.59 Å². The number of carbonyl (C=O) groups is 2. The maximum Gasteiger partial charge on any atom is 0.308 e. The molecule has 1 aliphatic carbocycles. The Hall–Kier alpha value is -2.76. The van der Waals surface area contributed by atoms with Gasteiger partial charge < -0.3 is 10.0 Å². The van der Waals surface area contributed by atoms with Gasteiger partial charge in [-0.2, -0.15) is 0 Å². The highest BCUT2D eigenvalue weighted by Crippen LogP contribution is 2.48. The molecule has 6 heteroatoms. The van der Waals surface area contributed by atoms with Gasteiger partial charge in [0.1, 0.15) is 11.6 Å². The number of rotatable bonds is 4. The minimum Gasteiger partial charge on any atom is -0.481 e. The van der Waals surface area contributed by atoms with E-state index in [2.05, 4.69) is 0 Å². The number of amides is 1. The molecule has 1 saturated carbocycles. The number of likely N-dealkylation sites (tertiary alicyclic amines) is 1. The average Bonchev–Trinajstić information content (AvgIpc) is 3.09. The monoisotopic (exact) mass is 385 g/mol. The summed E-state index contributed by atoms with van der Waals surface area (Å²) < 4.78 is 28.9. The lowest BCUT2D eigenvalue weighted by Crippen LogP contribution is -2.51. The zero-order chi connectivity index (χ0) is 19.9. The zero-order valence-electron chi connectivity index (χ0n) is 15.3. The smallest absolute Gasteiger partial charge is 0.308 e. The van der Waals surface area contributed by atoms with E-state index in [0.717, 1.165) is 5.56 Å². The molecule has 146 valence electrons. The van der Waals surface area contributed by atoms with Gasteiger partial charge in [0.2, 0.25) is 5.91 Å². The number of carboxylic acids is 1. The summed E-state index contributed by atoms with van der Waals surface area (Å²) in [6.45, 7) is 0.281. The number of hydrogen-bond acceptors (Lipinski definition) is 2. The number of carboxylic acid groups (broad SMARTS) is 1. The van der Waals surface area contributed by atoms with E-state index in [1.54, 1.807) is 0 Å². The molecule has 4 rings (SSSR count). The van der Waals surface area contributed by atoms with Crippen molar-refractivity contribution in [2.24, 2.45) is 5.92 Å². The summed E-state index contributed by atoms with van der Waals surface area (Å²) in [6.07, 6.45) is 1.44. The van der Waals surface area contributed by atoms with Crippen molar-refractivity contribution in [1.29, 1.82) is 0 Å². The topological polar surface area (TPSA) is 57.6 Å². The number of aliphatic carboxylic acids is 1. The van der Waals surface area contributed by atoms with Gasteiger partial charge in [0.25, 0.3) is 0 Å². The van der Waals surface area contributed by atoms with Gasteiger partial charge in [-0.25, -0.2) is 8.78 Å². The summed E-state index contributed by atoms with van der Waals surface area (Å²) in [5.41, 5.74) is -0.560. The predicted molar refractivity (Wildman–Crippen MR) is 98.8 cm³/mol. The lowest BCUT2D eigenvalue weighted by molar-refractivity contribution is -0.143. The van der Waals surface area contributed by atoms with Crippen molar-refractivity contribution in [1.82, 2.24) is 4.90 Å². The third-order valence-electron chi connectivity index (χ3n) is 6.21. The molecule has 28 heavy (non-hydrogen) atoms. The zero-order valence-corrected chi connectivity index (χ0v) is 15.3. The first-order valence-corrected chi connectivity index (χ1v) is 9.45. The molecule has 0 spiro atoms. The fourth-order valence-corrected chi connectivity index (χ4v) is 4.62. The first-order chi connectivity index (χ1) is 13.4. The van der Waals surface area contributed by atoms with Gasteiger partial charge >= 0.3 is 5.97 Å². The van der Waals surface area contributed by atoms with Crippen LogP contribution in [-0.4, -0.2) is 35.0 Å². The van der Waals surface area contributed by atoms with Crippen molar-refractivity contribution in [3.63, 3.8) is 0 Å². The van der Waals surface area contributed by atoms with E-state index >= 15 is 0 Å². The molecule has 2 aliphatic rings. The van der Waals surface area contributed by atoms with Crippen molar-refractivity contribution in [2.45, 2.75) is 30.6 Å². The second-order valence-corrected chi connectivity index (χ2v) is 7.70. The quantitative estimate of drug-likeness (QED) is 0.873. The number of benzene rings is 2. The summed E-state index contributed by atoms with van der Waals surface area (Å²) in [5.74, 6) is -3.86. The molecular formula is C22H21F2NO3. The van der Waals surface area contributed by atoms with Gasteiger partial charge in [0.05, 0.1) is 11.3 Å². The average molecular weight is 385 g/mol. The standard InChI is InChI=1S/C22H21F2NO3/c23-17-8-4-9-18(24)19(17)22(10-5-11-22)21(28)25-12-15(16(13-25)20(26)27)14-6-2-1-3-7-14/h1-4,6-9,15-16H,5,10-13H2,(H,26,27)/t15-,16-/m1/s1. The van der Waals surface area contributed by atoms with Gasteiger partial charge in [0.15, 0.2) is 0 Å². The van der Waals surface area contributed by atoms with E-state index in [1.807, 2.05) is 30.3 Å². The highest BCUT2D eigenvalue weighted by Gasteiger charge is 2.53. The highest BCUT2D eigenvalue weighted by atomic mass is 19.1. The fraction of sp³-hybridized carbons (Fsp3) is 0.364. The largest absolute Gasteiger partial charge is 0.481 e. The van der Waals surface area contributed by atoms with E-state index in [0.29, 0.717) is 19.3 Å². The Morgan fingerprint density at radius 3 is 2.14 bits per heavy atom. The lowest BCUT2D eigenvalue weighted by Gasteiger charge is -2.43. The molecule has 1 aliphatic heterocycles. The number of hydrogen-bond donors (Lipinski definition) is 1. The number of nitrogens with zero attached hydrogens (tertiary/aromatic N) is 1. The lowest BCUT2D eigenvalue weighted by atomic mass is 9.63. The molecule has 1 saturated heterocycles. The van der Waals surface area contributed by atoms with Crippen molar-refractivity contribution in [3.8, 4) is 0 Å². The summed E-state index contributed by atoms with van der Waals surface area (Å²) in [5, 5.41) is 9.67. The first kappa shape index (κ1) is 18.6. The van der Waals surface area contributed by atoms with Crippen LogP contribution in [0.15, 0.2) is 48.5 Å². The van der Waals surface area contributed by atoms with Crippen LogP contribution in [0.3, 0.4) is 0 Å². The third-order valence-corrected chi connectivity index (χ3v) is 6.21. The fourth-order valence-electron chi connectivity index (χ4n) is 4.62. The van der Waals surface area contributed by atoms with Crippen LogP contribution in [0.1, 0.15) is 36.3 Å². The minimum atomic E-state index is -1.23. The highest BCUT2D eigenvalue weighted by molar-refractivity contribution is 5.90. The number of carbonyl (C=O) groups excluding carboxylic acids is 1. The van der Waals surface area contributed by atoms with Gasteiger partial charge in [-0.15, -0.1) is 0 Å². The van der Waals surface area contributed by atoms with Crippen molar-refractivity contribution >= 4 is 11.9 Å². The van der Waals surface area contributed by atoms with Crippen LogP contribution in [0.2, 0.25) is 0 Å². The molecule has 0 bridgehead atoms. The Bertz CT molecular complexity index is 891. The summed E-state index contributed by atoms with van der Waals surface area (Å²) in [4.78, 5) is 26.7. The maximum atomic E-state index is 14.5. The van der Waals surface area contributed by atoms with Crippen LogP contribution in [0.5, 0.6) is 0 Å². The van der Waals surface area contributed by atoms with Crippen LogP contribution < -0.4 is 0 Å². The van der Waals surface area contributed by atoms with Gasteiger partial charge in [-0.1, -0.05) is 42.8 Å². The van der Waals surface area contributed by atoms with E-state index in [9.17, 15) is 23.5 Å². The SMILES string of the molecule is O=C(O)[C@@H]1CN(C(=O)C2(c3c(F)cccc3F)CCC2)C[C@@H]1c1ccccc1. The van der Waals surface area contributed by atoms with E-state index < -0.39 is 28.9 Å². The van der Waals surface area contributed by atoms with Crippen LogP contribution in [0.4, 0.5) is 8.78 Å². The van der Waals surface area contributed by atoms with Crippen LogP contribution in [0.25, 0.3) is 0 Å². The van der Waals surface area contributed by atoms with Crippen molar-refractivity contribution in [2.75, 3.05) is 13.1 Å². The van der Waals surface area contributed by atoms with Gasteiger partial charge in [-0.05, 0) is 30.5 Å². The molecule has 1 N–H and O–H groups in total. The maximum absolute atomic E-state index is 14.5. The van der Waals surface area contributed by atoms with E-state index in [4.69, 9.17) is 0 Å². The van der Waals surface area contributed by atoms with Crippen LogP contribution in [-0.2, 0) is 15.0 Å². The molecule has 2 aromatic carbocycles. The number of halogens is 2. The molecule has 4 nitrogen and oxygen atoms in total. The third kappa shape index (κ3) is 2.87. The minimum absolute atomic E-state index is 0.0472. The van der Waals surface area contributed by atoms with E-state index in [1.165, 1.54) is 23.1 Å². The molecule has 0 unspecified atom stereocenters. The summed E-state index contributed by atoms with van der Waals surface area (Å²) >= 11 is 0. The molecule has 0 radical (unpaired) electrons. The molecule has 1 heterocycles. The van der Waals surface area contributed by atoms with Crippen LogP contribution in [0, 0.1) is 17.6 Å².